The van der Waals surface area contributed by atoms with Gasteiger partial charge < -0.3 is 14.7 Å². The molecule has 94 valence electrons. The zero-order valence-electron chi connectivity index (χ0n) is 10.5. The first-order valence-corrected chi connectivity index (χ1v) is 5.69. The maximum absolute atomic E-state index is 9.14. The molecular weight excluding hydrogens is 228 g/mol. The molecule has 1 heterocycles. The normalized spacial score (nSPS) is 10.2. The van der Waals surface area contributed by atoms with Gasteiger partial charge in [-0.2, -0.15) is 0 Å². The average Bonchev–Trinajstić information content (AvgIpc) is 2.46. The Morgan fingerprint density at radius 2 is 2.06 bits per heavy atom. The van der Waals surface area contributed by atoms with E-state index >= 15 is 0 Å². The van der Waals surface area contributed by atoms with E-state index in [1.165, 1.54) is 0 Å². The van der Waals surface area contributed by atoms with Crippen LogP contribution in [-0.2, 0) is 6.61 Å². The Bertz CT molecular complexity index is 529. The van der Waals surface area contributed by atoms with E-state index in [-0.39, 0.29) is 6.61 Å². The Labute approximate surface area is 106 Å². The number of ether oxygens (including phenoxy) is 1. The number of methoxy groups -OCH3 is 1. The lowest BCUT2D eigenvalue weighted by molar-refractivity contribution is 0.282. The van der Waals surface area contributed by atoms with Crippen LogP contribution in [0.25, 0.3) is 0 Å². The number of aromatic nitrogens is 1. The van der Waals surface area contributed by atoms with Crippen LogP contribution < -0.4 is 9.64 Å². The van der Waals surface area contributed by atoms with Gasteiger partial charge in [0.2, 0.25) is 0 Å². The monoisotopic (exact) mass is 244 g/mol. The average molecular weight is 244 g/mol. The Morgan fingerprint density at radius 3 is 2.78 bits per heavy atom. The summed E-state index contributed by atoms with van der Waals surface area (Å²) in [6.45, 7) is 0.00921. The summed E-state index contributed by atoms with van der Waals surface area (Å²) in [5.41, 5.74) is 1.77. The zero-order valence-corrected chi connectivity index (χ0v) is 10.5. The Morgan fingerprint density at radius 1 is 1.28 bits per heavy atom. The molecule has 0 aliphatic rings. The van der Waals surface area contributed by atoms with Crippen molar-refractivity contribution in [1.82, 2.24) is 4.98 Å². The highest BCUT2D eigenvalue weighted by atomic mass is 16.5. The van der Waals surface area contributed by atoms with Crippen LogP contribution in [0.2, 0.25) is 0 Å². The topological polar surface area (TPSA) is 45.6 Å². The summed E-state index contributed by atoms with van der Waals surface area (Å²) in [5, 5.41) is 9.14. The first kappa shape index (κ1) is 12.4. The quantitative estimate of drug-likeness (QED) is 0.896. The number of pyridine rings is 1. The van der Waals surface area contributed by atoms with Gasteiger partial charge in [0.15, 0.2) is 0 Å². The highest BCUT2D eigenvalue weighted by Crippen LogP contribution is 2.31. The molecule has 2 rings (SSSR count). The van der Waals surface area contributed by atoms with Gasteiger partial charge in [-0.15, -0.1) is 0 Å². The summed E-state index contributed by atoms with van der Waals surface area (Å²) >= 11 is 0. The first-order valence-electron chi connectivity index (χ1n) is 5.69. The van der Waals surface area contributed by atoms with E-state index in [4.69, 9.17) is 9.84 Å². The van der Waals surface area contributed by atoms with Crippen molar-refractivity contribution < 1.29 is 9.84 Å². The molecule has 0 unspecified atom stereocenters. The second-order valence-corrected chi connectivity index (χ2v) is 3.91. The highest BCUT2D eigenvalue weighted by molar-refractivity contribution is 5.66. The lowest BCUT2D eigenvalue weighted by atomic mass is 10.2. The van der Waals surface area contributed by atoms with Gasteiger partial charge in [0.25, 0.3) is 0 Å². The molecule has 0 amide bonds. The molecule has 1 N–H and O–H groups in total. The van der Waals surface area contributed by atoms with Crippen molar-refractivity contribution in [3.63, 3.8) is 0 Å². The minimum absolute atomic E-state index is 0.00921. The van der Waals surface area contributed by atoms with E-state index in [1.807, 2.05) is 42.3 Å². The largest absolute Gasteiger partial charge is 0.495 e. The van der Waals surface area contributed by atoms with Crippen molar-refractivity contribution in [2.24, 2.45) is 0 Å². The minimum Gasteiger partial charge on any atom is -0.495 e. The fourth-order valence-electron chi connectivity index (χ4n) is 1.77. The highest BCUT2D eigenvalue weighted by Gasteiger charge is 2.10. The molecule has 0 atom stereocenters. The van der Waals surface area contributed by atoms with Gasteiger partial charge >= 0.3 is 0 Å². The molecule has 0 saturated heterocycles. The number of nitrogens with zero attached hydrogens (tertiary/aromatic N) is 2. The molecule has 1 aromatic heterocycles. The van der Waals surface area contributed by atoms with Crippen molar-refractivity contribution >= 4 is 11.5 Å². The molecule has 0 fully saturated rings. The van der Waals surface area contributed by atoms with Gasteiger partial charge in [-0.1, -0.05) is 12.1 Å². The van der Waals surface area contributed by atoms with Crippen LogP contribution in [0.4, 0.5) is 11.5 Å². The predicted octanol–water partition coefficient (Wildman–Crippen LogP) is 2.35. The molecule has 2 aromatic rings. The minimum atomic E-state index is 0.00921. The molecule has 1 aromatic carbocycles. The molecule has 0 spiro atoms. The van der Waals surface area contributed by atoms with Crippen molar-refractivity contribution in [1.29, 1.82) is 0 Å². The smallest absolute Gasteiger partial charge is 0.142 e. The van der Waals surface area contributed by atoms with E-state index in [2.05, 4.69) is 4.98 Å². The number of anilines is 2. The molecule has 4 heteroatoms. The lowest BCUT2D eigenvalue weighted by Crippen LogP contribution is -2.12. The van der Waals surface area contributed by atoms with Gasteiger partial charge in [0, 0.05) is 13.2 Å². The van der Waals surface area contributed by atoms with Gasteiger partial charge in [-0.25, -0.2) is 4.98 Å². The third-order valence-corrected chi connectivity index (χ3v) is 2.78. The maximum atomic E-state index is 9.14. The molecule has 0 saturated carbocycles. The third-order valence-electron chi connectivity index (χ3n) is 2.78. The number of benzene rings is 1. The van der Waals surface area contributed by atoms with E-state index in [0.29, 0.717) is 0 Å². The molecule has 4 nitrogen and oxygen atoms in total. The van der Waals surface area contributed by atoms with Crippen LogP contribution >= 0.6 is 0 Å². The Kier molecular flexibility index (Phi) is 3.79. The summed E-state index contributed by atoms with van der Waals surface area (Å²) in [7, 11) is 3.56. The van der Waals surface area contributed by atoms with Crippen LogP contribution in [-0.4, -0.2) is 24.2 Å². The van der Waals surface area contributed by atoms with E-state index in [0.717, 1.165) is 22.8 Å². The Balaban J connectivity index is 2.37. The summed E-state index contributed by atoms with van der Waals surface area (Å²) in [6.07, 6.45) is 1.69. The number of aliphatic hydroxyl groups is 1. The summed E-state index contributed by atoms with van der Waals surface area (Å²) < 4.78 is 5.33. The van der Waals surface area contributed by atoms with Gasteiger partial charge in [0.1, 0.15) is 11.6 Å². The van der Waals surface area contributed by atoms with Crippen molar-refractivity contribution in [3.8, 4) is 5.75 Å². The standard InChI is InChI=1S/C14H16N2O2/c1-16(12-5-3-4-6-13(12)18-2)14-9-11(10-17)7-8-15-14/h3-9,17H,10H2,1-2H3. The number of hydrogen-bond donors (Lipinski definition) is 1. The summed E-state index contributed by atoms with van der Waals surface area (Å²) in [4.78, 5) is 6.23. The zero-order chi connectivity index (χ0) is 13.0. The van der Waals surface area contributed by atoms with Crippen molar-refractivity contribution in [2.75, 3.05) is 19.1 Å². The molecule has 0 aliphatic heterocycles. The Hall–Kier alpha value is -2.07. The van der Waals surface area contributed by atoms with Crippen molar-refractivity contribution in [2.45, 2.75) is 6.61 Å². The molecular formula is C14H16N2O2. The SMILES string of the molecule is COc1ccccc1N(C)c1cc(CO)ccn1. The second-order valence-electron chi connectivity index (χ2n) is 3.91. The van der Waals surface area contributed by atoms with Gasteiger partial charge in [0.05, 0.1) is 19.4 Å². The summed E-state index contributed by atoms with van der Waals surface area (Å²) in [6, 6.07) is 11.4. The van der Waals surface area contributed by atoms with Crippen LogP contribution in [0, 0.1) is 0 Å². The molecule has 0 aliphatic carbocycles. The predicted molar refractivity (Wildman–Crippen MR) is 71.2 cm³/mol. The van der Waals surface area contributed by atoms with Gasteiger partial charge in [-0.3, -0.25) is 0 Å². The fourth-order valence-corrected chi connectivity index (χ4v) is 1.77. The summed E-state index contributed by atoms with van der Waals surface area (Å²) in [5.74, 6) is 1.56. The van der Waals surface area contributed by atoms with Crippen molar-refractivity contribution in [3.05, 3.63) is 48.2 Å². The number of rotatable bonds is 4. The van der Waals surface area contributed by atoms with E-state index in [9.17, 15) is 0 Å². The molecule has 0 radical (unpaired) electrons. The lowest BCUT2D eigenvalue weighted by Gasteiger charge is -2.21. The van der Waals surface area contributed by atoms with Crippen LogP contribution in [0.15, 0.2) is 42.6 Å². The maximum Gasteiger partial charge on any atom is 0.142 e. The third kappa shape index (κ3) is 2.43. The second kappa shape index (κ2) is 5.51. The number of hydrogen-bond acceptors (Lipinski definition) is 4. The number of aliphatic hydroxyl groups excluding tert-OH is 1. The fraction of sp³-hybridized carbons (Fsp3) is 0.214. The van der Waals surface area contributed by atoms with E-state index < -0.39 is 0 Å². The van der Waals surface area contributed by atoms with Crippen LogP contribution in [0.1, 0.15) is 5.56 Å². The first-order chi connectivity index (χ1) is 8.76. The van der Waals surface area contributed by atoms with Gasteiger partial charge in [-0.05, 0) is 29.8 Å². The molecule has 0 bridgehead atoms. The number of para-hydroxylation sites is 2. The van der Waals surface area contributed by atoms with Crippen LogP contribution in [0.5, 0.6) is 5.75 Å². The van der Waals surface area contributed by atoms with Crippen LogP contribution in [0.3, 0.4) is 0 Å². The molecule has 18 heavy (non-hydrogen) atoms. The van der Waals surface area contributed by atoms with E-state index in [1.54, 1.807) is 19.4 Å².